The second-order valence-electron chi connectivity index (χ2n) is 14.5. The van der Waals surface area contributed by atoms with E-state index in [1.54, 1.807) is 11.0 Å². The number of carbonyl (C=O) groups is 1. The third-order valence-corrected chi connectivity index (χ3v) is 10.1. The summed E-state index contributed by atoms with van der Waals surface area (Å²) >= 11 is 0. The maximum atomic E-state index is 17.1. The van der Waals surface area contributed by atoms with Gasteiger partial charge < -0.3 is 24.0 Å². The quantitative estimate of drug-likeness (QED) is 0.206. The molecule has 1 amide bonds. The van der Waals surface area contributed by atoms with Crippen LogP contribution in [0.2, 0.25) is 0 Å². The van der Waals surface area contributed by atoms with Gasteiger partial charge in [0.05, 0.1) is 12.6 Å². The highest BCUT2D eigenvalue weighted by atomic mass is 19.1. The van der Waals surface area contributed by atoms with Gasteiger partial charge in [-0.25, -0.2) is 18.6 Å². The summed E-state index contributed by atoms with van der Waals surface area (Å²) in [5.74, 6) is 2.50. The van der Waals surface area contributed by atoms with Crippen molar-refractivity contribution in [2.24, 2.45) is 0 Å². The van der Waals surface area contributed by atoms with Crippen molar-refractivity contribution in [1.82, 2.24) is 24.8 Å². The number of halogens is 2. The third-order valence-electron chi connectivity index (χ3n) is 10.1. The molecule has 0 radical (unpaired) electrons. The van der Waals surface area contributed by atoms with E-state index in [-0.39, 0.29) is 41.1 Å². The largest absolute Gasteiger partial charge is 0.480 e. The number of likely N-dealkylation sites (tertiary alicyclic amines) is 1. The molecule has 0 aliphatic carbocycles. The molecule has 3 aliphatic rings. The molecule has 3 aliphatic heterocycles. The van der Waals surface area contributed by atoms with Gasteiger partial charge in [-0.2, -0.15) is 9.97 Å². The molecule has 3 saturated heterocycles. The van der Waals surface area contributed by atoms with Gasteiger partial charge in [-0.1, -0.05) is 36.3 Å². The Bertz CT molecular complexity index is 2010. The lowest BCUT2D eigenvalue weighted by Gasteiger charge is -2.31. The summed E-state index contributed by atoms with van der Waals surface area (Å²) in [6, 6.07) is 10.9. The average molecular weight is 685 g/mol. The second kappa shape index (κ2) is 12.8. The van der Waals surface area contributed by atoms with Crippen LogP contribution in [0.3, 0.4) is 0 Å². The molecule has 0 bridgehead atoms. The second-order valence-corrected chi connectivity index (χ2v) is 14.5. The van der Waals surface area contributed by atoms with Crippen LogP contribution < -0.4 is 14.4 Å². The summed E-state index contributed by atoms with van der Waals surface area (Å²) in [7, 11) is 3.31. The number of aromatic nitrogens is 3. The summed E-state index contributed by atoms with van der Waals surface area (Å²) in [6.45, 7) is 7.68. The SMILES string of the molecule is C#Cc1cccc2cccc(-c3nc(OC)c4c(N(C)[C@@H]5CCN(C(=O)OC(C)(C)C)C5)nc(OC[C@@]56CCCN5C[C@H](F)C6)nc4c3F)c12. The molecule has 0 spiro atoms. The van der Waals surface area contributed by atoms with Crippen molar-refractivity contribution in [2.45, 2.75) is 69.8 Å². The Kier molecular flexibility index (Phi) is 8.67. The standard InChI is InChI=1S/C38H42F2N6O4/c1-7-23-11-8-12-24-13-9-14-27(28(23)24)31-30(40)32-29(34(41-31)48-6)33(44(5)26-15-18-45(21-26)36(47)50-37(2,3)4)43-35(42-32)49-22-38-16-10-17-46(38)20-25(39)19-38/h1,8-9,11-14,25-26H,10,15-22H2,2-6H3/t25-,26-,38+/m1/s1. The van der Waals surface area contributed by atoms with Crippen LogP contribution in [0.15, 0.2) is 36.4 Å². The Morgan fingerprint density at radius 2 is 1.90 bits per heavy atom. The summed E-state index contributed by atoms with van der Waals surface area (Å²) in [4.78, 5) is 32.8. The number of likely N-dealkylation sites (N-methyl/N-ethyl adjacent to an activating group) is 1. The van der Waals surface area contributed by atoms with E-state index in [4.69, 9.17) is 30.6 Å². The molecule has 7 rings (SSSR count). The zero-order valence-corrected chi connectivity index (χ0v) is 29.1. The van der Waals surface area contributed by atoms with Gasteiger partial charge in [-0.3, -0.25) is 4.90 Å². The molecule has 262 valence electrons. The zero-order chi connectivity index (χ0) is 35.4. The highest BCUT2D eigenvalue weighted by Crippen LogP contribution is 2.43. The van der Waals surface area contributed by atoms with Crippen molar-refractivity contribution in [1.29, 1.82) is 0 Å². The van der Waals surface area contributed by atoms with Crippen LogP contribution >= 0.6 is 0 Å². The van der Waals surface area contributed by atoms with Gasteiger partial charge in [-0.05, 0) is 58.0 Å². The third kappa shape index (κ3) is 6.02. The summed E-state index contributed by atoms with van der Waals surface area (Å²) in [5.41, 5.74) is -0.0118. The predicted molar refractivity (Wildman–Crippen MR) is 188 cm³/mol. The zero-order valence-electron chi connectivity index (χ0n) is 29.1. The Morgan fingerprint density at radius 3 is 2.64 bits per heavy atom. The number of alkyl halides is 1. The van der Waals surface area contributed by atoms with Crippen molar-refractivity contribution in [3.63, 3.8) is 0 Å². The van der Waals surface area contributed by atoms with Gasteiger partial charge in [-0.15, -0.1) is 6.42 Å². The van der Waals surface area contributed by atoms with E-state index in [2.05, 4.69) is 15.8 Å². The van der Waals surface area contributed by atoms with Crippen LogP contribution in [0.1, 0.15) is 52.0 Å². The Morgan fingerprint density at radius 1 is 1.12 bits per heavy atom. The Hall–Kier alpha value is -4.76. The molecular weight excluding hydrogens is 642 g/mol. The number of amides is 1. The number of ether oxygens (including phenoxy) is 3. The summed E-state index contributed by atoms with van der Waals surface area (Å²) in [5, 5.41) is 1.79. The van der Waals surface area contributed by atoms with E-state index in [1.165, 1.54) is 7.11 Å². The first kappa shape index (κ1) is 33.7. The smallest absolute Gasteiger partial charge is 0.410 e. The number of rotatable bonds is 7. The first-order valence-corrected chi connectivity index (χ1v) is 17.1. The number of terminal acetylenes is 1. The van der Waals surface area contributed by atoms with Crippen molar-refractivity contribution in [2.75, 3.05) is 51.8 Å². The molecule has 3 atom stereocenters. The van der Waals surface area contributed by atoms with Crippen LogP contribution in [-0.2, 0) is 4.74 Å². The summed E-state index contributed by atoms with van der Waals surface area (Å²) < 4.78 is 49.5. The first-order chi connectivity index (χ1) is 23.9. The van der Waals surface area contributed by atoms with E-state index < -0.39 is 29.2 Å². The van der Waals surface area contributed by atoms with Crippen LogP contribution in [-0.4, -0.2) is 101 Å². The predicted octanol–water partition coefficient (Wildman–Crippen LogP) is 6.37. The monoisotopic (exact) mass is 684 g/mol. The molecule has 4 aromatic rings. The van der Waals surface area contributed by atoms with E-state index in [1.807, 2.05) is 63.1 Å². The fraction of sp³-hybridized carbons (Fsp3) is 0.474. The molecule has 10 nitrogen and oxygen atoms in total. The van der Waals surface area contributed by atoms with Gasteiger partial charge in [0.1, 0.15) is 40.8 Å². The molecule has 2 aromatic heterocycles. The number of carbonyl (C=O) groups excluding carboxylic acids is 1. The van der Waals surface area contributed by atoms with Gasteiger partial charge in [0.2, 0.25) is 5.88 Å². The first-order valence-electron chi connectivity index (χ1n) is 17.1. The molecule has 0 unspecified atom stereocenters. The average Bonchev–Trinajstić information content (AvgIpc) is 3.81. The highest BCUT2D eigenvalue weighted by Gasteiger charge is 2.49. The molecule has 0 saturated carbocycles. The molecule has 0 N–H and O–H groups in total. The maximum absolute atomic E-state index is 17.1. The van der Waals surface area contributed by atoms with Crippen molar-refractivity contribution in [3.05, 3.63) is 47.8 Å². The Labute approximate surface area is 290 Å². The van der Waals surface area contributed by atoms with E-state index in [0.717, 1.165) is 24.8 Å². The van der Waals surface area contributed by atoms with Gasteiger partial charge >= 0.3 is 12.1 Å². The van der Waals surface area contributed by atoms with Crippen molar-refractivity contribution in [3.8, 4) is 35.5 Å². The minimum Gasteiger partial charge on any atom is -0.480 e. The maximum Gasteiger partial charge on any atom is 0.410 e. The number of nitrogens with zero attached hydrogens (tertiary/aromatic N) is 6. The van der Waals surface area contributed by atoms with Gasteiger partial charge in [0.25, 0.3) is 0 Å². The minimum absolute atomic E-state index is 0.0227. The Balaban J connectivity index is 1.35. The van der Waals surface area contributed by atoms with E-state index in [9.17, 15) is 9.18 Å². The lowest BCUT2D eigenvalue weighted by Crippen LogP contribution is -2.43. The molecule has 12 heteroatoms. The normalized spacial score (nSPS) is 22.2. The summed E-state index contributed by atoms with van der Waals surface area (Å²) in [6.07, 6.45) is 7.28. The number of methoxy groups -OCH3 is 1. The van der Waals surface area contributed by atoms with Crippen LogP contribution in [0, 0.1) is 18.2 Å². The molecule has 2 aromatic carbocycles. The molecular formula is C38H42F2N6O4. The number of fused-ring (bicyclic) bond motifs is 3. The number of pyridine rings is 1. The minimum atomic E-state index is -0.933. The van der Waals surface area contributed by atoms with Crippen molar-refractivity contribution >= 4 is 33.6 Å². The fourth-order valence-corrected chi connectivity index (χ4v) is 7.78. The number of anilines is 1. The van der Waals surface area contributed by atoms with Gasteiger partial charge in [0, 0.05) is 55.7 Å². The molecule has 3 fully saturated rings. The van der Waals surface area contributed by atoms with Gasteiger partial charge in [0.15, 0.2) is 5.82 Å². The van der Waals surface area contributed by atoms with Crippen LogP contribution in [0.5, 0.6) is 11.9 Å². The lowest BCUT2D eigenvalue weighted by molar-refractivity contribution is 0.0292. The number of hydrogen-bond acceptors (Lipinski definition) is 9. The van der Waals surface area contributed by atoms with E-state index in [0.29, 0.717) is 54.8 Å². The molecule has 5 heterocycles. The molecule has 50 heavy (non-hydrogen) atoms. The lowest BCUT2D eigenvalue weighted by atomic mass is 9.95. The van der Waals surface area contributed by atoms with E-state index >= 15 is 4.39 Å². The fourth-order valence-electron chi connectivity index (χ4n) is 7.78. The van der Waals surface area contributed by atoms with Crippen LogP contribution in [0.4, 0.5) is 19.4 Å². The number of hydrogen-bond donors (Lipinski definition) is 0. The van der Waals surface area contributed by atoms with Crippen molar-refractivity contribution < 1.29 is 27.8 Å². The van der Waals surface area contributed by atoms with Crippen LogP contribution in [0.25, 0.3) is 32.9 Å². The number of benzene rings is 2. The highest BCUT2D eigenvalue weighted by molar-refractivity contribution is 6.03. The topological polar surface area (TPSA) is 93.2 Å².